The number of benzene rings is 1. The van der Waals surface area contributed by atoms with Gasteiger partial charge < -0.3 is 25.3 Å². The Labute approximate surface area is 201 Å². The predicted octanol–water partition coefficient (Wildman–Crippen LogP) is 4.57. The quantitative estimate of drug-likeness (QED) is 0.443. The number of nitrogens with zero attached hydrogens (tertiary/aromatic N) is 2. The Balaban J connectivity index is 1.84. The van der Waals surface area contributed by atoms with Crippen molar-refractivity contribution in [3.8, 4) is 5.75 Å². The van der Waals surface area contributed by atoms with Gasteiger partial charge in [-0.25, -0.2) is 4.98 Å². The van der Waals surface area contributed by atoms with Gasteiger partial charge in [-0.1, -0.05) is 26.7 Å². The second-order valence-electron chi connectivity index (χ2n) is 9.01. The van der Waals surface area contributed by atoms with E-state index in [1.54, 1.807) is 38.3 Å². The highest BCUT2D eigenvalue weighted by molar-refractivity contribution is 6.00. The van der Waals surface area contributed by atoms with Crippen LogP contribution in [0.2, 0.25) is 0 Å². The third-order valence-electron chi connectivity index (χ3n) is 6.48. The van der Waals surface area contributed by atoms with Crippen LogP contribution >= 0.6 is 0 Å². The van der Waals surface area contributed by atoms with Gasteiger partial charge in [0.2, 0.25) is 0 Å². The smallest absolute Gasteiger partial charge is 0.262 e. The van der Waals surface area contributed by atoms with E-state index in [0.29, 0.717) is 41.6 Å². The molecule has 1 aliphatic heterocycles. The van der Waals surface area contributed by atoms with Gasteiger partial charge in [-0.05, 0) is 56.9 Å². The molecule has 2 unspecified atom stereocenters. The van der Waals surface area contributed by atoms with Crippen LogP contribution < -0.4 is 15.6 Å². The van der Waals surface area contributed by atoms with E-state index in [-0.39, 0.29) is 29.1 Å². The van der Waals surface area contributed by atoms with Crippen LogP contribution in [0.3, 0.4) is 0 Å². The first-order chi connectivity index (χ1) is 16.4. The van der Waals surface area contributed by atoms with Gasteiger partial charge in [-0.3, -0.25) is 9.59 Å². The third-order valence-corrected chi connectivity index (χ3v) is 6.48. The lowest BCUT2D eigenvalue weighted by molar-refractivity contribution is 0.0704. The van der Waals surface area contributed by atoms with Crippen molar-refractivity contribution in [2.24, 2.45) is 0 Å². The summed E-state index contributed by atoms with van der Waals surface area (Å²) in [6.07, 6.45) is 5.76. The topological polar surface area (TPSA) is 111 Å². The molecule has 34 heavy (non-hydrogen) atoms. The van der Waals surface area contributed by atoms with E-state index >= 15 is 0 Å². The molecule has 1 amide bonds. The average molecular weight is 468 g/mol. The van der Waals surface area contributed by atoms with Gasteiger partial charge in [0.05, 0.1) is 7.11 Å². The number of carbonyl (C=O) groups is 1. The third kappa shape index (κ3) is 6.04. The molecule has 1 aromatic carbocycles. The Hall–Kier alpha value is -3.16. The molecule has 0 saturated carbocycles. The molecule has 0 aliphatic carbocycles. The molecule has 2 heterocycles. The minimum absolute atomic E-state index is 0.0365. The van der Waals surface area contributed by atoms with E-state index in [0.717, 1.165) is 38.5 Å². The lowest BCUT2D eigenvalue weighted by atomic mass is 9.96. The number of H-pyrrole nitrogens is 1. The number of aromatic nitrogens is 2. The molecular formula is C26H37N5O3. The minimum atomic E-state index is -0.302. The largest absolute Gasteiger partial charge is 0.497 e. The van der Waals surface area contributed by atoms with Crippen LogP contribution in [-0.4, -0.2) is 52.7 Å². The molecule has 0 bridgehead atoms. The highest BCUT2D eigenvalue weighted by Gasteiger charge is 2.28. The molecule has 1 fully saturated rings. The number of hydrogen-bond donors (Lipinski definition) is 3. The van der Waals surface area contributed by atoms with Crippen LogP contribution in [0.4, 0.5) is 5.82 Å². The number of unbranched alkanes of at least 4 members (excludes halogenated alkanes) is 1. The van der Waals surface area contributed by atoms with Crippen LogP contribution in [0.25, 0.3) is 0 Å². The molecule has 1 aromatic heterocycles. The fourth-order valence-electron chi connectivity index (χ4n) is 4.46. The standard InChI is InChI=1S/C26H37N5O3/c1-5-7-10-20(6-2)28-24-22(17(3)27)25(32)30-23(29-24)19-9-8-15-31(16-19)26(33)18-11-13-21(34-4)14-12-18/h11-14,19-20,27H,5-10,15-16H2,1-4H3,(H2,28,29,30,32). The van der Waals surface area contributed by atoms with Crippen molar-refractivity contribution >= 4 is 17.4 Å². The molecule has 2 aromatic rings. The molecule has 1 aliphatic rings. The van der Waals surface area contributed by atoms with Crippen LogP contribution in [-0.2, 0) is 0 Å². The summed E-state index contributed by atoms with van der Waals surface area (Å²) < 4.78 is 5.19. The van der Waals surface area contributed by atoms with Gasteiger partial charge in [-0.15, -0.1) is 0 Å². The Morgan fingerprint density at radius 2 is 2.06 bits per heavy atom. The predicted molar refractivity (Wildman–Crippen MR) is 135 cm³/mol. The second-order valence-corrected chi connectivity index (χ2v) is 9.01. The van der Waals surface area contributed by atoms with Crippen molar-refractivity contribution in [1.82, 2.24) is 14.9 Å². The van der Waals surface area contributed by atoms with Gasteiger partial charge in [0, 0.05) is 36.3 Å². The fourth-order valence-corrected chi connectivity index (χ4v) is 4.46. The molecule has 3 N–H and O–H groups in total. The first kappa shape index (κ1) is 25.5. The molecule has 8 nitrogen and oxygen atoms in total. The number of nitrogens with one attached hydrogen (secondary N) is 3. The maximum atomic E-state index is 13.1. The van der Waals surface area contributed by atoms with Gasteiger partial charge >= 0.3 is 0 Å². The number of likely N-dealkylation sites (tertiary alicyclic amines) is 1. The SMILES string of the molecule is CCCCC(CC)Nc1nc(C2CCCN(C(=O)c3ccc(OC)cc3)C2)[nH]c(=O)c1C(C)=N. The van der Waals surface area contributed by atoms with E-state index in [2.05, 4.69) is 24.1 Å². The summed E-state index contributed by atoms with van der Waals surface area (Å²) in [6.45, 7) is 7.04. The van der Waals surface area contributed by atoms with Crippen molar-refractivity contribution in [2.75, 3.05) is 25.5 Å². The number of carbonyl (C=O) groups excluding carboxylic acids is 1. The lowest BCUT2D eigenvalue weighted by Crippen LogP contribution is -2.40. The van der Waals surface area contributed by atoms with Crippen molar-refractivity contribution < 1.29 is 9.53 Å². The van der Waals surface area contributed by atoms with Crippen molar-refractivity contribution in [2.45, 2.75) is 71.3 Å². The Kier molecular flexibility index (Phi) is 8.85. The van der Waals surface area contributed by atoms with E-state index in [1.807, 2.05) is 4.90 Å². The first-order valence-electron chi connectivity index (χ1n) is 12.3. The summed E-state index contributed by atoms with van der Waals surface area (Å²) in [5, 5.41) is 11.6. The average Bonchev–Trinajstić information content (AvgIpc) is 2.85. The maximum absolute atomic E-state index is 13.1. The number of rotatable bonds is 10. The summed E-state index contributed by atoms with van der Waals surface area (Å²) in [4.78, 5) is 35.6. The van der Waals surface area contributed by atoms with Crippen LogP contribution in [0, 0.1) is 5.41 Å². The number of amides is 1. The lowest BCUT2D eigenvalue weighted by Gasteiger charge is -2.32. The summed E-state index contributed by atoms with van der Waals surface area (Å²) in [5.74, 6) is 1.66. The van der Waals surface area contributed by atoms with Gasteiger partial charge in [0.25, 0.3) is 11.5 Å². The Morgan fingerprint density at radius 1 is 1.32 bits per heavy atom. The highest BCUT2D eigenvalue weighted by Crippen LogP contribution is 2.27. The number of anilines is 1. The molecule has 0 spiro atoms. The normalized spacial score (nSPS) is 16.7. The minimum Gasteiger partial charge on any atom is -0.497 e. The molecular weight excluding hydrogens is 430 g/mol. The number of aromatic amines is 1. The first-order valence-corrected chi connectivity index (χ1v) is 12.3. The molecule has 1 saturated heterocycles. The number of methoxy groups -OCH3 is 1. The van der Waals surface area contributed by atoms with E-state index in [4.69, 9.17) is 15.1 Å². The molecule has 0 radical (unpaired) electrons. The molecule has 184 valence electrons. The van der Waals surface area contributed by atoms with Gasteiger partial charge in [0.1, 0.15) is 23.0 Å². The molecule has 3 rings (SSSR count). The highest BCUT2D eigenvalue weighted by atomic mass is 16.5. The zero-order chi connectivity index (χ0) is 24.7. The van der Waals surface area contributed by atoms with Crippen molar-refractivity contribution in [3.05, 3.63) is 51.6 Å². The van der Waals surface area contributed by atoms with Gasteiger partial charge in [-0.2, -0.15) is 0 Å². The zero-order valence-electron chi connectivity index (χ0n) is 20.7. The number of ether oxygens (including phenoxy) is 1. The summed E-state index contributed by atoms with van der Waals surface area (Å²) in [5.41, 5.74) is 0.791. The Morgan fingerprint density at radius 3 is 2.68 bits per heavy atom. The monoisotopic (exact) mass is 467 g/mol. The molecule has 8 heteroatoms. The summed E-state index contributed by atoms with van der Waals surface area (Å²) in [7, 11) is 1.60. The van der Waals surface area contributed by atoms with E-state index in [9.17, 15) is 9.59 Å². The number of piperidine rings is 1. The van der Waals surface area contributed by atoms with Crippen LogP contribution in [0.1, 0.15) is 87.0 Å². The van der Waals surface area contributed by atoms with Crippen LogP contribution in [0.15, 0.2) is 29.1 Å². The van der Waals surface area contributed by atoms with Gasteiger partial charge in [0.15, 0.2) is 0 Å². The summed E-state index contributed by atoms with van der Waals surface area (Å²) >= 11 is 0. The second kappa shape index (κ2) is 11.8. The number of hydrogen-bond acceptors (Lipinski definition) is 6. The van der Waals surface area contributed by atoms with Crippen molar-refractivity contribution in [3.63, 3.8) is 0 Å². The maximum Gasteiger partial charge on any atom is 0.262 e. The van der Waals surface area contributed by atoms with E-state index in [1.165, 1.54) is 0 Å². The zero-order valence-corrected chi connectivity index (χ0v) is 20.7. The van der Waals surface area contributed by atoms with E-state index < -0.39 is 0 Å². The Bertz CT molecular complexity index is 1050. The fraction of sp³-hybridized carbons (Fsp3) is 0.538. The molecule has 2 atom stereocenters. The van der Waals surface area contributed by atoms with Crippen LogP contribution in [0.5, 0.6) is 5.75 Å². The van der Waals surface area contributed by atoms with Crippen molar-refractivity contribution in [1.29, 1.82) is 5.41 Å². The summed E-state index contributed by atoms with van der Waals surface area (Å²) in [6, 6.07) is 7.31.